The number of nitrogens with one attached hydrogen (secondary N) is 1. The second-order valence-corrected chi connectivity index (χ2v) is 9.93. The molecule has 3 aromatic carbocycles. The summed E-state index contributed by atoms with van der Waals surface area (Å²) < 4.78 is 19.3. The predicted octanol–water partition coefficient (Wildman–Crippen LogP) is 5.42. The van der Waals surface area contributed by atoms with Crippen molar-refractivity contribution in [3.8, 4) is 5.75 Å². The Morgan fingerprint density at radius 2 is 1.50 bits per heavy atom. The predicted molar refractivity (Wildman–Crippen MR) is 158 cm³/mol. The minimum atomic E-state index is -0.794. The van der Waals surface area contributed by atoms with Crippen LogP contribution in [0.5, 0.6) is 5.75 Å². The first-order valence-corrected chi connectivity index (χ1v) is 14.0. The van der Waals surface area contributed by atoms with Crippen molar-refractivity contribution in [1.29, 1.82) is 0 Å². The van der Waals surface area contributed by atoms with E-state index in [0.29, 0.717) is 40.4 Å². The van der Waals surface area contributed by atoms with Gasteiger partial charge in [-0.1, -0.05) is 65.9 Å². The fraction of sp³-hybridized carbons (Fsp3) is 0.273. The van der Waals surface area contributed by atoms with E-state index in [0.717, 1.165) is 22.0 Å². The van der Waals surface area contributed by atoms with E-state index in [2.05, 4.69) is 15.6 Å². The van der Waals surface area contributed by atoms with Crippen LogP contribution < -0.4 is 10.1 Å². The van der Waals surface area contributed by atoms with Crippen LogP contribution in [0.15, 0.2) is 95.5 Å². The van der Waals surface area contributed by atoms with E-state index in [-0.39, 0.29) is 19.8 Å². The van der Waals surface area contributed by atoms with Gasteiger partial charge in [-0.25, -0.2) is 14.3 Å². The first-order chi connectivity index (χ1) is 20.4. The molecule has 0 bridgehead atoms. The lowest BCUT2D eigenvalue weighted by molar-refractivity contribution is -0.139. The number of allylic oxidation sites excluding steroid dienone is 2. The number of nitrogens with zero attached hydrogens (tertiary/aromatic N) is 3. The van der Waals surface area contributed by atoms with Crippen molar-refractivity contribution in [1.82, 2.24) is 20.3 Å². The minimum Gasteiger partial charge on any atom is -0.487 e. The molecule has 0 saturated heterocycles. The summed E-state index contributed by atoms with van der Waals surface area (Å²) in [5.74, 6) is -1.29. The number of rotatable bonds is 10. The number of aromatic nitrogens is 3. The number of fused-ring (bicyclic) bond motifs is 1. The van der Waals surface area contributed by atoms with E-state index in [9.17, 15) is 9.59 Å². The molecule has 2 heterocycles. The molecule has 0 saturated carbocycles. The molecule has 0 amide bonds. The SMILES string of the molecule is CCOC(=O)C1=C(C)NC(C)=C(C(=O)OCC)C1c1c(OCc2cnnn2Cc2ccccc2)ccc2ccccc12. The van der Waals surface area contributed by atoms with Crippen LogP contribution in [0.1, 0.15) is 50.4 Å². The normalized spacial score (nSPS) is 13.7. The summed E-state index contributed by atoms with van der Waals surface area (Å²) in [6.45, 7) is 8.23. The van der Waals surface area contributed by atoms with Gasteiger partial charge in [0, 0.05) is 17.0 Å². The van der Waals surface area contributed by atoms with Crippen LogP contribution in [-0.2, 0) is 32.2 Å². The summed E-state index contributed by atoms with van der Waals surface area (Å²) in [4.78, 5) is 27.0. The maximum Gasteiger partial charge on any atom is 0.336 e. The summed E-state index contributed by atoms with van der Waals surface area (Å²) in [6.07, 6.45) is 1.68. The maximum atomic E-state index is 13.5. The average Bonchev–Trinajstić information content (AvgIpc) is 3.42. The van der Waals surface area contributed by atoms with Crippen molar-refractivity contribution >= 4 is 22.7 Å². The lowest BCUT2D eigenvalue weighted by Gasteiger charge is -2.32. The Labute approximate surface area is 244 Å². The number of carbonyl (C=O) groups is 2. The molecule has 0 unspecified atom stereocenters. The Hall–Kier alpha value is -4.92. The Morgan fingerprint density at radius 1 is 0.857 bits per heavy atom. The average molecular weight is 567 g/mol. The van der Waals surface area contributed by atoms with Crippen molar-refractivity contribution in [2.24, 2.45) is 0 Å². The van der Waals surface area contributed by atoms with Crippen LogP contribution in [-0.4, -0.2) is 40.1 Å². The van der Waals surface area contributed by atoms with Gasteiger partial charge in [-0.05, 0) is 50.1 Å². The lowest BCUT2D eigenvalue weighted by atomic mass is 9.78. The van der Waals surface area contributed by atoms with Gasteiger partial charge in [-0.2, -0.15) is 0 Å². The molecule has 9 nitrogen and oxygen atoms in total. The number of hydrogen-bond donors (Lipinski definition) is 1. The van der Waals surface area contributed by atoms with Gasteiger partial charge in [0.05, 0.1) is 48.7 Å². The van der Waals surface area contributed by atoms with Crippen molar-refractivity contribution in [3.05, 3.63) is 112 Å². The zero-order valence-electron chi connectivity index (χ0n) is 24.2. The summed E-state index contributed by atoms with van der Waals surface area (Å²) in [7, 11) is 0. The van der Waals surface area contributed by atoms with Crippen molar-refractivity contribution in [2.45, 2.75) is 46.8 Å². The molecule has 1 aromatic heterocycles. The number of esters is 2. The Kier molecular flexibility index (Phi) is 8.66. The lowest BCUT2D eigenvalue weighted by Crippen LogP contribution is -2.33. The van der Waals surface area contributed by atoms with Crippen LogP contribution in [0.2, 0.25) is 0 Å². The Morgan fingerprint density at radius 3 is 2.17 bits per heavy atom. The molecule has 1 aliphatic rings. The Balaban J connectivity index is 1.63. The summed E-state index contributed by atoms with van der Waals surface area (Å²) in [6, 6.07) is 21.7. The molecule has 1 aliphatic heterocycles. The fourth-order valence-electron chi connectivity index (χ4n) is 5.37. The number of carbonyl (C=O) groups excluding carboxylic acids is 2. The number of dihydropyridines is 1. The minimum absolute atomic E-state index is 0.172. The van der Waals surface area contributed by atoms with Gasteiger partial charge in [-0.15, -0.1) is 5.10 Å². The molecule has 0 spiro atoms. The van der Waals surface area contributed by atoms with Crippen molar-refractivity contribution < 1.29 is 23.8 Å². The van der Waals surface area contributed by atoms with Gasteiger partial charge >= 0.3 is 11.9 Å². The fourth-order valence-corrected chi connectivity index (χ4v) is 5.37. The topological polar surface area (TPSA) is 105 Å². The van der Waals surface area contributed by atoms with Gasteiger partial charge in [0.2, 0.25) is 0 Å². The third-order valence-electron chi connectivity index (χ3n) is 7.22. The van der Waals surface area contributed by atoms with Gasteiger partial charge < -0.3 is 19.5 Å². The first-order valence-electron chi connectivity index (χ1n) is 14.0. The quantitative estimate of drug-likeness (QED) is 0.254. The number of ether oxygens (including phenoxy) is 3. The largest absolute Gasteiger partial charge is 0.487 e. The summed E-state index contributed by atoms with van der Waals surface area (Å²) >= 11 is 0. The summed E-state index contributed by atoms with van der Waals surface area (Å²) in [5, 5.41) is 13.4. The van der Waals surface area contributed by atoms with Crippen LogP contribution >= 0.6 is 0 Å². The molecule has 42 heavy (non-hydrogen) atoms. The van der Waals surface area contributed by atoms with Crippen LogP contribution in [0, 0.1) is 0 Å². The standard InChI is InChI=1S/C33H34N4O5/c1-5-40-32(38)28-21(3)35-22(4)29(33(39)41-6-2)31(28)30-26-15-11-10-14-24(26)16-17-27(30)42-20-25-18-34-36-37(25)19-23-12-8-7-9-13-23/h7-18,31,35H,5-6,19-20H2,1-4H3. The molecule has 4 aromatic rings. The van der Waals surface area contributed by atoms with E-state index in [1.807, 2.05) is 80.6 Å². The van der Waals surface area contributed by atoms with E-state index in [1.54, 1.807) is 24.7 Å². The van der Waals surface area contributed by atoms with Gasteiger partial charge in [0.25, 0.3) is 0 Å². The molecule has 216 valence electrons. The third kappa shape index (κ3) is 5.76. The molecule has 0 radical (unpaired) electrons. The third-order valence-corrected chi connectivity index (χ3v) is 7.22. The molecular weight excluding hydrogens is 532 g/mol. The highest BCUT2D eigenvalue weighted by molar-refractivity contribution is 6.02. The summed E-state index contributed by atoms with van der Waals surface area (Å²) in [5.41, 5.74) is 4.43. The highest BCUT2D eigenvalue weighted by atomic mass is 16.5. The number of hydrogen-bond acceptors (Lipinski definition) is 8. The van der Waals surface area contributed by atoms with Crippen molar-refractivity contribution in [2.75, 3.05) is 13.2 Å². The van der Waals surface area contributed by atoms with E-state index in [1.165, 1.54) is 0 Å². The highest BCUT2D eigenvalue weighted by Gasteiger charge is 2.40. The second-order valence-electron chi connectivity index (χ2n) is 9.93. The molecule has 5 rings (SSSR count). The molecule has 1 N–H and O–H groups in total. The van der Waals surface area contributed by atoms with E-state index >= 15 is 0 Å². The first kappa shape index (κ1) is 28.6. The molecule has 0 fully saturated rings. The molecule has 0 atom stereocenters. The Bertz CT molecular complexity index is 1630. The second kappa shape index (κ2) is 12.7. The molecule has 0 aliphatic carbocycles. The maximum absolute atomic E-state index is 13.5. The van der Waals surface area contributed by atoms with Gasteiger partial charge in [-0.3, -0.25) is 0 Å². The number of benzene rings is 3. The van der Waals surface area contributed by atoms with Crippen LogP contribution in [0.25, 0.3) is 10.8 Å². The monoisotopic (exact) mass is 566 g/mol. The van der Waals surface area contributed by atoms with Crippen LogP contribution in [0.3, 0.4) is 0 Å². The van der Waals surface area contributed by atoms with Gasteiger partial charge in [0.1, 0.15) is 12.4 Å². The zero-order valence-corrected chi connectivity index (χ0v) is 24.2. The molecular formula is C33H34N4O5. The van der Waals surface area contributed by atoms with Crippen molar-refractivity contribution in [3.63, 3.8) is 0 Å². The zero-order chi connectivity index (χ0) is 29.6. The highest BCUT2D eigenvalue weighted by Crippen LogP contribution is 2.46. The van der Waals surface area contributed by atoms with Gasteiger partial charge in [0.15, 0.2) is 0 Å². The molecule has 9 heteroatoms. The van der Waals surface area contributed by atoms with Crippen LogP contribution in [0.4, 0.5) is 0 Å². The van der Waals surface area contributed by atoms with E-state index in [4.69, 9.17) is 14.2 Å². The van der Waals surface area contributed by atoms with E-state index < -0.39 is 17.9 Å². The smallest absolute Gasteiger partial charge is 0.336 e.